The second kappa shape index (κ2) is 9.60. The van der Waals surface area contributed by atoms with Crippen LogP contribution in [0.4, 0.5) is 0 Å². The van der Waals surface area contributed by atoms with Gasteiger partial charge in [-0.15, -0.1) is 0 Å². The molecule has 5 N–H and O–H groups in total. The number of carboxylic acids is 2. The van der Waals surface area contributed by atoms with Gasteiger partial charge in [0.25, 0.3) is 0 Å². The van der Waals surface area contributed by atoms with Crippen LogP contribution in [0.3, 0.4) is 0 Å². The molecule has 31 heavy (non-hydrogen) atoms. The molecule has 2 amide bonds. The SMILES string of the molecule is NC(CCC(=O)N[C@@H](CS(=O)(=O)CC(=O)N1CC([N+](=O)[O-])([N+](=O)[O-])C1)C(=O)O)C(=O)O. The van der Waals surface area contributed by atoms with Crippen molar-refractivity contribution < 1.29 is 47.7 Å². The maximum Gasteiger partial charge on any atom is 0.492 e. The van der Waals surface area contributed by atoms with Crippen LogP contribution in [0.5, 0.6) is 0 Å². The van der Waals surface area contributed by atoms with Crippen molar-refractivity contribution in [3.8, 4) is 0 Å². The van der Waals surface area contributed by atoms with E-state index in [1.807, 2.05) is 5.32 Å². The van der Waals surface area contributed by atoms with Crippen molar-refractivity contribution in [2.75, 3.05) is 24.6 Å². The summed E-state index contributed by atoms with van der Waals surface area (Å²) in [4.78, 5) is 65.4. The molecule has 0 aromatic rings. The second-order valence-electron chi connectivity index (χ2n) is 6.74. The van der Waals surface area contributed by atoms with E-state index in [1.54, 1.807) is 0 Å². The molecule has 18 heteroatoms. The number of likely N-dealkylation sites (tertiary alicyclic amines) is 1. The van der Waals surface area contributed by atoms with E-state index in [4.69, 9.17) is 15.9 Å². The number of hydrogen-bond donors (Lipinski definition) is 4. The molecule has 17 nitrogen and oxygen atoms in total. The summed E-state index contributed by atoms with van der Waals surface area (Å²) in [5, 5.41) is 41.2. The molecule has 0 spiro atoms. The van der Waals surface area contributed by atoms with E-state index in [0.717, 1.165) is 0 Å². The highest BCUT2D eigenvalue weighted by Gasteiger charge is 2.67. The Labute approximate surface area is 173 Å². The van der Waals surface area contributed by atoms with Crippen molar-refractivity contribution in [3.05, 3.63) is 20.2 Å². The fourth-order valence-corrected chi connectivity index (χ4v) is 3.89. The lowest BCUT2D eigenvalue weighted by molar-refractivity contribution is -0.809. The zero-order chi connectivity index (χ0) is 24.1. The number of nitrogens with zero attached hydrogens (tertiary/aromatic N) is 3. The molecule has 174 valence electrons. The maximum absolute atomic E-state index is 12.1. The van der Waals surface area contributed by atoms with Crippen LogP contribution >= 0.6 is 0 Å². The van der Waals surface area contributed by atoms with Crippen molar-refractivity contribution in [1.82, 2.24) is 10.2 Å². The van der Waals surface area contributed by atoms with Gasteiger partial charge in [-0.1, -0.05) is 0 Å². The van der Waals surface area contributed by atoms with Crippen LogP contribution in [0.1, 0.15) is 12.8 Å². The molecule has 1 rings (SSSR count). The Kier molecular flexibility index (Phi) is 7.94. The van der Waals surface area contributed by atoms with Gasteiger partial charge in [0.05, 0.1) is 5.75 Å². The van der Waals surface area contributed by atoms with Gasteiger partial charge in [0, 0.05) is 6.42 Å². The Morgan fingerprint density at radius 2 is 1.61 bits per heavy atom. The Balaban J connectivity index is 2.69. The molecule has 1 aliphatic rings. The third-order valence-corrected chi connectivity index (χ3v) is 5.85. The van der Waals surface area contributed by atoms with Crippen LogP contribution in [0.25, 0.3) is 0 Å². The molecule has 1 saturated heterocycles. The average molecular weight is 469 g/mol. The van der Waals surface area contributed by atoms with Gasteiger partial charge in [-0.2, -0.15) is 0 Å². The summed E-state index contributed by atoms with van der Waals surface area (Å²) in [6.07, 6.45) is -0.851. The molecule has 0 saturated carbocycles. The number of carbonyl (C=O) groups excluding carboxylic acids is 2. The van der Waals surface area contributed by atoms with E-state index < -0.39 is 92.2 Å². The minimum absolute atomic E-state index is 0.345. The van der Waals surface area contributed by atoms with Crippen molar-refractivity contribution in [2.24, 2.45) is 5.73 Å². The van der Waals surface area contributed by atoms with Crippen molar-refractivity contribution >= 4 is 33.6 Å². The summed E-state index contributed by atoms with van der Waals surface area (Å²) >= 11 is 0. The van der Waals surface area contributed by atoms with Gasteiger partial charge in [-0.05, 0) is 6.42 Å². The summed E-state index contributed by atoms with van der Waals surface area (Å²) in [5.41, 5.74) is 2.57. The van der Waals surface area contributed by atoms with Crippen molar-refractivity contribution in [1.29, 1.82) is 0 Å². The molecule has 1 aliphatic heterocycles. The number of amides is 2. The fourth-order valence-electron chi connectivity index (χ4n) is 2.48. The van der Waals surface area contributed by atoms with Crippen LogP contribution in [-0.2, 0) is 29.0 Å². The number of nitro groups is 2. The van der Waals surface area contributed by atoms with E-state index in [-0.39, 0.29) is 6.42 Å². The van der Waals surface area contributed by atoms with Gasteiger partial charge < -0.3 is 26.2 Å². The van der Waals surface area contributed by atoms with Crippen LogP contribution in [0.15, 0.2) is 0 Å². The molecule has 1 fully saturated rings. The van der Waals surface area contributed by atoms with Gasteiger partial charge in [-0.3, -0.25) is 34.6 Å². The van der Waals surface area contributed by atoms with Gasteiger partial charge in [0.15, 0.2) is 22.9 Å². The van der Waals surface area contributed by atoms with Crippen LogP contribution in [0.2, 0.25) is 0 Å². The van der Waals surface area contributed by atoms with Crippen LogP contribution < -0.4 is 11.1 Å². The third-order valence-electron chi connectivity index (χ3n) is 4.32. The molecule has 0 aromatic heterocycles. The molecule has 1 heterocycles. The topological polar surface area (TPSA) is 270 Å². The van der Waals surface area contributed by atoms with E-state index >= 15 is 0 Å². The molecular weight excluding hydrogens is 450 g/mol. The largest absolute Gasteiger partial charge is 0.492 e. The lowest BCUT2D eigenvalue weighted by atomic mass is 10.0. The Morgan fingerprint density at radius 1 is 1.10 bits per heavy atom. The third kappa shape index (κ3) is 6.54. The number of nitrogens with one attached hydrogen (secondary N) is 1. The first kappa shape index (κ1) is 25.6. The second-order valence-corrected chi connectivity index (χ2v) is 8.85. The highest BCUT2D eigenvalue weighted by molar-refractivity contribution is 7.92. The van der Waals surface area contributed by atoms with Crippen molar-refractivity contribution in [3.63, 3.8) is 0 Å². The quantitative estimate of drug-likeness (QED) is 0.122. The number of hydrogen-bond acceptors (Lipinski definition) is 11. The van der Waals surface area contributed by atoms with E-state index in [1.165, 1.54) is 0 Å². The lowest BCUT2D eigenvalue weighted by Gasteiger charge is -2.35. The molecule has 0 bridgehead atoms. The maximum atomic E-state index is 12.1. The monoisotopic (exact) mass is 469 g/mol. The predicted molar refractivity (Wildman–Crippen MR) is 96.4 cm³/mol. The summed E-state index contributed by atoms with van der Waals surface area (Å²) in [6.45, 7) is -1.91. The van der Waals surface area contributed by atoms with E-state index in [0.29, 0.717) is 4.90 Å². The van der Waals surface area contributed by atoms with Crippen molar-refractivity contribution in [2.45, 2.75) is 30.6 Å². The summed E-state index contributed by atoms with van der Waals surface area (Å²) < 4.78 is 24.3. The number of nitrogens with two attached hydrogens (primary N) is 1. The zero-order valence-electron chi connectivity index (χ0n) is 15.7. The van der Waals surface area contributed by atoms with Gasteiger partial charge in [-0.25, -0.2) is 13.2 Å². The molecule has 0 radical (unpaired) electrons. The smallest absolute Gasteiger partial charge is 0.480 e. The predicted octanol–water partition coefficient (Wildman–Crippen LogP) is -3.75. The highest BCUT2D eigenvalue weighted by Crippen LogP contribution is 2.25. The Hall–Kier alpha value is -3.41. The first-order valence-electron chi connectivity index (χ1n) is 8.39. The van der Waals surface area contributed by atoms with Crippen LogP contribution in [-0.4, -0.2) is 99.5 Å². The highest BCUT2D eigenvalue weighted by atomic mass is 32.2. The molecule has 0 aromatic carbocycles. The lowest BCUT2D eigenvalue weighted by Crippen LogP contribution is -2.71. The molecule has 1 unspecified atom stereocenters. The number of aliphatic carboxylic acids is 2. The average Bonchev–Trinajstić information content (AvgIpc) is 2.56. The first-order valence-corrected chi connectivity index (χ1v) is 10.2. The van der Waals surface area contributed by atoms with E-state index in [9.17, 15) is 47.8 Å². The Morgan fingerprint density at radius 3 is 2.03 bits per heavy atom. The van der Waals surface area contributed by atoms with E-state index in [2.05, 4.69) is 0 Å². The number of carboxylic acid groups (broad SMARTS) is 2. The van der Waals surface area contributed by atoms with Gasteiger partial charge in [0.2, 0.25) is 11.8 Å². The summed E-state index contributed by atoms with van der Waals surface area (Å²) in [7, 11) is -4.46. The minimum atomic E-state index is -4.46. The van der Waals surface area contributed by atoms with Gasteiger partial charge >= 0.3 is 17.6 Å². The minimum Gasteiger partial charge on any atom is -0.480 e. The summed E-state index contributed by atoms with van der Waals surface area (Å²) in [5.74, 6) is -7.85. The Bertz CT molecular complexity index is 881. The number of carbonyl (C=O) groups is 4. The fraction of sp³-hybridized carbons (Fsp3) is 0.692. The summed E-state index contributed by atoms with van der Waals surface area (Å²) in [6, 6.07) is -3.36. The van der Waals surface area contributed by atoms with Crippen LogP contribution in [0, 0.1) is 20.2 Å². The first-order chi connectivity index (χ1) is 14.1. The van der Waals surface area contributed by atoms with Gasteiger partial charge in [0.1, 0.15) is 27.7 Å². The molecular formula is C13H19N5O12S. The molecule has 2 atom stereocenters. The zero-order valence-corrected chi connectivity index (χ0v) is 16.5. The number of sulfone groups is 1. The molecule has 0 aliphatic carbocycles. The standard InChI is InChI=1S/C13H19N5O12S/c14-7(11(21)22)1-2-9(19)15-8(12(23)24)3-31(29,30)4-10(20)16-5-13(6-16,17(25)26)18(27)28/h7-8H,1-6,14H2,(H,15,19)(H,21,22)(H,23,24)/t7?,8-/m0/s1. The number of rotatable bonds is 12. The normalized spacial score (nSPS) is 17.0.